The molecule has 1 unspecified atom stereocenters. The number of esters is 1. The van der Waals surface area contributed by atoms with Crippen molar-refractivity contribution in [2.45, 2.75) is 64.3 Å². The van der Waals surface area contributed by atoms with Gasteiger partial charge in [0.1, 0.15) is 0 Å². The van der Waals surface area contributed by atoms with Gasteiger partial charge in [0.2, 0.25) is 0 Å². The summed E-state index contributed by atoms with van der Waals surface area (Å²) in [6, 6.07) is 11.6. The van der Waals surface area contributed by atoms with Crippen molar-refractivity contribution >= 4 is 33.5 Å². The molecule has 2 aliphatic heterocycles. The maximum absolute atomic E-state index is 13.8. The maximum Gasteiger partial charge on any atom is 0.414 e. The number of benzene rings is 2. The van der Waals surface area contributed by atoms with Crippen molar-refractivity contribution in [1.29, 1.82) is 0 Å². The van der Waals surface area contributed by atoms with Crippen LogP contribution in [0.1, 0.15) is 56.2 Å². The van der Waals surface area contributed by atoms with Gasteiger partial charge in [0.05, 0.1) is 42.0 Å². The lowest BCUT2D eigenvalue weighted by Gasteiger charge is -2.38. The monoisotopic (exact) mass is 526 g/mol. The zero-order valence-corrected chi connectivity index (χ0v) is 22.6. The molecule has 2 aliphatic rings. The number of ether oxygens (including phenoxy) is 2. The Morgan fingerprint density at radius 2 is 1.70 bits per heavy atom. The molecular weight excluding hydrogens is 492 g/mol. The minimum atomic E-state index is -3.87. The molecule has 8 nitrogen and oxygen atoms in total. The van der Waals surface area contributed by atoms with Gasteiger partial charge in [-0.2, -0.15) is 0 Å². The molecular formula is C28H34N2O6S. The minimum Gasteiger partial charge on any atom is -0.466 e. The van der Waals surface area contributed by atoms with Gasteiger partial charge >= 0.3 is 12.1 Å². The van der Waals surface area contributed by atoms with E-state index in [0.29, 0.717) is 35.5 Å². The van der Waals surface area contributed by atoms with Gasteiger partial charge in [-0.25, -0.2) is 13.2 Å². The first-order valence-electron chi connectivity index (χ1n) is 12.7. The van der Waals surface area contributed by atoms with Crippen LogP contribution in [0, 0.1) is 13.8 Å². The Bertz CT molecular complexity index is 1320. The van der Waals surface area contributed by atoms with Gasteiger partial charge in [0.15, 0.2) is 0 Å². The first-order chi connectivity index (χ1) is 17.7. The molecule has 0 aromatic heterocycles. The molecule has 0 fully saturated rings. The quantitative estimate of drug-likeness (QED) is 0.347. The van der Waals surface area contributed by atoms with Gasteiger partial charge in [-0.3, -0.25) is 14.0 Å². The smallest absolute Gasteiger partial charge is 0.414 e. The van der Waals surface area contributed by atoms with Gasteiger partial charge in [-0.1, -0.05) is 42.7 Å². The van der Waals surface area contributed by atoms with E-state index in [-0.39, 0.29) is 24.5 Å². The van der Waals surface area contributed by atoms with Gasteiger partial charge in [-0.05, 0) is 63.5 Å². The van der Waals surface area contributed by atoms with Crippen molar-refractivity contribution in [3.05, 3.63) is 64.7 Å². The molecule has 9 heteroatoms. The predicted octanol–water partition coefficient (Wildman–Crippen LogP) is 5.19. The van der Waals surface area contributed by atoms with Crippen LogP contribution < -0.4 is 4.90 Å². The van der Waals surface area contributed by atoms with E-state index in [0.717, 1.165) is 24.0 Å². The Hall–Kier alpha value is -3.33. The number of aryl methyl sites for hydroxylation is 2. The third-order valence-corrected chi connectivity index (χ3v) is 8.53. The minimum absolute atomic E-state index is 0.0902. The molecule has 2 heterocycles. The van der Waals surface area contributed by atoms with Crippen LogP contribution in [0.25, 0.3) is 5.70 Å². The molecule has 198 valence electrons. The van der Waals surface area contributed by atoms with E-state index in [9.17, 15) is 18.0 Å². The second-order valence-electron chi connectivity index (χ2n) is 9.40. The van der Waals surface area contributed by atoms with E-state index in [1.165, 1.54) is 9.21 Å². The molecule has 2 aromatic rings. The fourth-order valence-corrected chi connectivity index (χ4v) is 6.40. The SMILES string of the molecule is CCCCOC(=O)CC1C2=C(c3cc(C)ccc3N1C(=O)OCC)N(S(=O)(=O)c1ccc(C)cc1)CC2. The van der Waals surface area contributed by atoms with E-state index >= 15 is 0 Å². The summed E-state index contributed by atoms with van der Waals surface area (Å²) in [6.07, 6.45) is 1.35. The Morgan fingerprint density at radius 3 is 2.38 bits per heavy atom. The lowest BCUT2D eigenvalue weighted by atomic mass is 9.90. The number of carbonyl (C=O) groups is 2. The molecule has 4 rings (SSSR count). The van der Waals surface area contributed by atoms with Crippen LogP contribution in [0.15, 0.2) is 52.9 Å². The number of rotatable bonds is 8. The number of anilines is 1. The van der Waals surface area contributed by atoms with Crippen LogP contribution in [0.5, 0.6) is 0 Å². The summed E-state index contributed by atoms with van der Waals surface area (Å²) in [5.41, 5.74) is 4.28. The lowest BCUT2D eigenvalue weighted by molar-refractivity contribution is -0.143. The molecule has 0 saturated heterocycles. The highest BCUT2D eigenvalue weighted by Gasteiger charge is 2.45. The summed E-state index contributed by atoms with van der Waals surface area (Å²) in [4.78, 5) is 27.7. The molecule has 0 aliphatic carbocycles. The van der Waals surface area contributed by atoms with Crippen LogP contribution in [-0.4, -0.2) is 50.6 Å². The Balaban J connectivity index is 1.84. The lowest BCUT2D eigenvalue weighted by Crippen LogP contribution is -2.46. The maximum atomic E-state index is 13.8. The standard InChI is InChI=1S/C28H34N2O6S/c1-5-7-16-36-26(31)18-25-22-14-15-29(37(33,34)21-11-8-19(3)9-12-21)27(22)23-17-20(4)10-13-24(23)30(25)28(32)35-6-2/h8-13,17,25H,5-7,14-16,18H2,1-4H3. The summed E-state index contributed by atoms with van der Waals surface area (Å²) in [5.74, 6) is -0.435. The van der Waals surface area contributed by atoms with E-state index in [2.05, 4.69) is 0 Å². The largest absolute Gasteiger partial charge is 0.466 e. The summed E-state index contributed by atoms with van der Waals surface area (Å²) in [7, 11) is -3.87. The molecule has 0 saturated carbocycles. The number of fused-ring (bicyclic) bond motifs is 2. The molecule has 0 bridgehead atoms. The number of hydrogen-bond acceptors (Lipinski definition) is 6. The number of carbonyl (C=O) groups excluding carboxylic acids is 2. The van der Waals surface area contributed by atoms with Gasteiger partial charge in [-0.15, -0.1) is 0 Å². The average molecular weight is 527 g/mol. The zero-order chi connectivity index (χ0) is 26.7. The molecule has 0 N–H and O–H groups in total. The van der Waals surface area contributed by atoms with E-state index < -0.39 is 28.1 Å². The fourth-order valence-electron chi connectivity index (χ4n) is 4.88. The van der Waals surface area contributed by atoms with Crippen LogP contribution >= 0.6 is 0 Å². The molecule has 1 atom stereocenters. The third-order valence-electron chi connectivity index (χ3n) is 6.71. The van der Waals surface area contributed by atoms with Crippen LogP contribution in [-0.2, 0) is 24.3 Å². The second-order valence-corrected chi connectivity index (χ2v) is 11.3. The number of hydrogen-bond donors (Lipinski definition) is 0. The third kappa shape index (κ3) is 5.23. The highest BCUT2D eigenvalue weighted by molar-refractivity contribution is 7.89. The molecule has 37 heavy (non-hydrogen) atoms. The Kier molecular flexibility index (Phi) is 7.92. The van der Waals surface area contributed by atoms with Crippen LogP contribution in [0.2, 0.25) is 0 Å². The van der Waals surface area contributed by atoms with Crippen molar-refractivity contribution < 1.29 is 27.5 Å². The van der Waals surface area contributed by atoms with E-state index in [1.807, 2.05) is 32.9 Å². The van der Waals surface area contributed by atoms with Crippen molar-refractivity contribution in [3.8, 4) is 0 Å². The summed E-state index contributed by atoms with van der Waals surface area (Å²) < 4.78 is 39.9. The first-order valence-corrected chi connectivity index (χ1v) is 14.2. The first kappa shape index (κ1) is 26.7. The normalized spacial score (nSPS) is 16.9. The van der Waals surface area contributed by atoms with Crippen LogP contribution in [0.4, 0.5) is 10.5 Å². The molecule has 2 aromatic carbocycles. The number of unbranched alkanes of at least 4 members (excludes halogenated alkanes) is 1. The topological polar surface area (TPSA) is 93.2 Å². The average Bonchev–Trinajstić information content (AvgIpc) is 3.31. The van der Waals surface area contributed by atoms with E-state index in [4.69, 9.17) is 9.47 Å². The second kappa shape index (κ2) is 11.0. The summed E-state index contributed by atoms with van der Waals surface area (Å²) in [6.45, 7) is 8.24. The number of nitrogens with zero attached hydrogens (tertiary/aromatic N) is 2. The Labute approximate surface area is 218 Å². The molecule has 0 spiro atoms. The molecule has 0 radical (unpaired) electrons. The van der Waals surface area contributed by atoms with Crippen LogP contribution in [0.3, 0.4) is 0 Å². The number of amides is 1. The highest BCUT2D eigenvalue weighted by Crippen LogP contribution is 2.47. The van der Waals surface area contributed by atoms with Crippen molar-refractivity contribution in [2.24, 2.45) is 0 Å². The molecule has 1 amide bonds. The highest BCUT2D eigenvalue weighted by atomic mass is 32.2. The van der Waals surface area contributed by atoms with Gasteiger partial charge in [0, 0.05) is 12.1 Å². The summed E-state index contributed by atoms with van der Waals surface area (Å²) in [5, 5.41) is 0. The van der Waals surface area contributed by atoms with Gasteiger partial charge in [0.25, 0.3) is 10.0 Å². The van der Waals surface area contributed by atoms with Crippen molar-refractivity contribution in [3.63, 3.8) is 0 Å². The Morgan fingerprint density at radius 1 is 1.00 bits per heavy atom. The van der Waals surface area contributed by atoms with Gasteiger partial charge < -0.3 is 9.47 Å². The van der Waals surface area contributed by atoms with Crippen molar-refractivity contribution in [2.75, 3.05) is 24.7 Å². The van der Waals surface area contributed by atoms with E-state index in [1.54, 1.807) is 37.3 Å². The fraction of sp³-hybridized carbons (Fsp3) is 0.429. The summed E-state index contributed by atoms with van der Waals surface area (Å²) >= 11 is 0. The van der Waals surface area contributed by atoms with Crippen molar-refractivity contribution in [1.82, 2.24) is 4.31 Å². The predicted molar refractivity (Wildman–Crippen MR) is 142 cm³/mol. The zero-order valence-electron chi connectivity index (χ0n) is 21.8. The number of sulfonamides is 1.